The van der Waals surface area contributed by atoms with Gasteiger partial charge in [-0.2, -0.15) is 5.26 Å². The summed E-state index contributed by atoms with van der Waals surface area (Å²) in [6, 6.07) is 24.8. The Kier molecular flexibility index (Phi) is 7.05. The van der Waals surface area contributed by atoms with Crippen LogP contribution in [0, 0.1) is 11.3 Å². The van der Waals surface area contributed by atoms with E-state index in [2.05, 4.69) is 5.32 Å². The molecule has 3 aromatic carbocycles. The van der Waals surface area contributed by atoms with Gasteiger partial charge >= 0.3 is 0 Å². The van der Waals surface area contributed by atoms with Gasteiger partial charge in [0.05, 0.1) is 5.25 Å². The fourth-order valence-electron chi connectivity index (χ4n) is 3.36. The fraction of sp³-hybridized carbons (Fsp3) is 0.0800. The summed E-state index contributed by atoms with van der Waals surface area (Å²) in [5.41, 5.74) is 1.89. The Balaban J connectivity index is 1.70. The Labute approximate surface area is 205 Å². The number of hydrogen-bond acceptors (Lipinski definition) is 4. The molecule has 8 heteroatoms. The normalized spacial score (nSPS) is 16.9. The highest BCUT2D eigenvalue weighted by Crippen LogP contribution is 2.42. The number of anilines is 2. The van der Waals surface area contributed by atoms with E-state index in [1.807, 2.05) is 24.3 Å². The molecule has 1 saturated heterocycles. The number of rotatable bonds is 5. The number of nitrogens with one attached hydrogen (secondary N) is 1. The fourth-order valence-corrected chi connectivity index (χ4v) is 4.92. The molecule has 1 atom stereocenters. The first-order valence-electron chi connectivity index (χ1n) is 9.97. The number of benzene rings is 3. The van der Waals surface area contributed by atoms with Crippen LogP contribution in [0.25, 0.3) is 0 Å². The number of amides is 2. The minimum atomic E-state index is -0.594. The summed E-state index contributed by atoms with van der Waals surface area (Å²) < 4.78 is 0. The van der Waals surface area contributed by atoms with Crippen LogP contribution in [0.15, 0.2) is 89.5 Å². The van der Waals surface area contributed by atoms with Crippen molar-refractivity contribution in [3.05, 3.63) is 105 Å². The van der Waals surface area contributed by atoms with Gasteiger partial charge in [0.15, 0.2) is 0 Å². The van der Waals surface area contributed by atoms with Crippen molar-refractivity contribution in [2.45, 2.75) is 11.7 Å². The van der Waals surface area contributed by atoms with Crippen LogP contribution < -0.4 is 10.2 Å². The summed E-state index contributed by atoms with van der Waals surface area (Å²) in [6.07, 6.45) is 0.436. The zero-order valence-corrected chi connectivity index (χ0v) is 19.5. The summed E-state index contributed by atoms with van der Waals surface area (Å²) >= 11 is 13.1. The van der Waals surface area contributed by atoms with Crippen LogP contribution >= 0.6 is 35.0 Å². The van der Waals surface area contributed by atoms with E-state index in [1.54, 1.807) is 60.7 Å². The van der Waals surface area contributed by atoms with Gasteiger partial charge in [0.25, 0.3) is 5.91 Å². The molecule has 0 saturated carbocycles. The standard InChI is InChI=1S/C25H17Cl2N3O2S/c26-17-8-6-16(7-9-17)14-22-24(32)30(20-4-2-1-3-5-20)25(33-22)21(15-28)23(31)29-19-12-10-18(27)11-13-19/h1-13,22H,14H2,(H,29,31). The SMILES string of the molecule is N#CC(C(=O)Nc1ccc(Cl)cc1)=C1SC(Cc2ccc(Cl)cc2)C(=O)N1c1ccccc1. The third kappa shape index (κ3) is 5.23. The Hall–Kier alpha value is -3.24. The van der Waals surface area contributed by atoms with Crippen molar-refractivity contribution in [2.24, 2.45) is 0 Å². The zero-order chi connectivity index (χ0) is 23.4. The second-order valence-electron chi connectivity index (χ2n) is 7.20. The van der Waals surface area contributed by atoms with Crippen LogP contribution in [-0.2, 0) is 16.0 Å². The molecule has 0 aromatic heterocycles. The Morgan fingerprint density at radius 2 is 1.58 bits per heavy atom. The maximum Gasteiger partial charge on any atom is 0.269 e. The predicted molar refractivity (Wildman–Crippen MR) is 133 cm³/mol. The highest BCUT2D eigenvalue weighted by atomic mass is 35.5. The van der Waals surface area contributed by atoms with Crippen molar-refractivity contribution >= 4 is 58.2 Å². The average molecular weight is 494 g/mol. The number of para-hydroxylation sites is 1. The lowest BCUT2D eigenvalue weighted by atomic mass is 10.1. The van der Waals surface area contributed by atoms with E-state index in [9.17, 15) is 14.9 Å². The largest absolute Gasteiger partial charge is 0.321 e. The number of halogens is 2. The first-order valence-corrected chi connectivity index (χ1v) is 11.6. The number of nitrogens with zero attached hydrogens (tertiary/aromatic N) is 2. The minimum absolute atomic E-state index is 0.134. The van der Waals surface area contributed by atoms with Crippen LogP contribution in [0.4, 0.5) is 11.4 Å². The van der Waals surface area contributed by atoms with Crippen molar-refractivity contribution < 1.29 is 9.59 Å². The topological polar surface area (TPSA) is 73.2 Å². The van der Waals surface area contributed by atoms with Gasteiger partial charge in [-0.3, -0.25) is 14.5 Å². The number of hydrogen-bond donors (Lipinski definition) is 1. The van der Waals surface area contributed by atoms with Crippen molar-refractivity contribution in [1.29, 1.82) is 5.26 Å². The van der Waals surface area contributed by atoms with E-state index in [-0.39, 0.29) is 11.5 Å². The van der Waals surface area contributed by atoms with Crippen molar-refractivity contribution in [3.8, 4) is 6.07 Å². The number of nitriles is 1. The lowest BCUT2D eigenvalue weighted by Crippen LogP contribution is -2.30. The Morgan fingerprint density at radius 1 is 0.970 bits per heavy atom. The van der Waals surface area contributed by atoms with Gasteiger partial charge in [-0.25, -0.2) is 0 Å². The van der Waals surface area contributed by atoms with Crippen LogP contribution in [0.2, 0.25) is 10.0 Å². The number of carbonyl (C=O) groups is 2. The molecule has 1 aliphatic rings. The van der Waals surface area contributed by atoms with E-state index in [0.717, 1.165) is 5.56 Å². The summed E-state index contributed by atoms with van der Waals surface area (Å²) in [4.78, 5) is 27.9. The van der Waals surface area contributed by atoms with Crippen LogP contribution in [0.1, 0.15) is 5.56 Å². The molecular formula is C25H17Cl2N3O2S. The van der Waals surface area contributed by atoms with Crippen molar-refractivity contribution in [2.75, 3.05) is 10.2 Å². The van der Waals surface area contributed by atoms with Gasteiger partial charge in [-0.05, 0) is 60.5 Å². The van der Waals surface area contributed by atoms with Gasteiger partial charge < -0.3 is 5.32 Å². The first kappa shape index (κ1) is 22.9. The first-order chi connectivity index (χ1) is 16.0. The van der Waals surface area contributed by atoms with Gasteiger partial charge in [-0.1, -0.05) is 65.3 Å². The number of carbonyl (C=O) groups excluding carboxylic acids is 2. The van der Waals surface area contributed by atoms with E-state index >= 15 is 0 Å². The predicted octanol–water partition coefficient (Wildman–Crippen LogP) is 6.06. The molecule has 0 bridgehead atoms. The van der Waals surface area contributed by atoms with Crippen LogP contribution in [-0.4, -0.2) is 17.1 Å². The molecule has 0 spiro atoms. The molecule has 3 aromatic rings. The monoisotopic (exact) mass is 493 g/mol. The smallest absolute Gasteiger partial charge is 0.269 e. The van der Waals surface area contributed by atoms with Crippen LogP contribution in [0.3, 0.4) is 0 Å². The third-order valence-electron chi connectivity index (χ3n) is 4.96. The highest BCUT2D eigenvalue weighted by Gasteiger charge is 2.40. The molecule has 33 heavy (non-hydrogen) atoms. The molecule has 4 rings (SSSR count). The summed E-state index contributed by atoms with van der Waals surface area (Å²) in [6.45, 7) is 0. The molecule has 1 fully saturated rings. The minimum Gasteiger partial charge on any atom is -0.321 e. The summed E-state index contributed by atoms with van der Waals surface area (Å²) in [5, 5.41) is 13.5. The van der Waals surface area contributed by atoms with Gasteiger partial charge in [0, 0.05) is 21.4 Å². The van der Waals surface area contributed by atoms with Crippen molar-refractivity contribution in [1.82, 2.24) is 0 Å². The third-order valence-corrected chi connectivity index (χ3v) is 6.72. The summed E-state index contributed by atoms with van der Waals surface area (Å²) in [5.74, 6) is -0.786. The van der Waals surface area contributed by atoms with Gasteiger partial charge in [0.1, 0.15) is 16.7 Å². The second kappa shape index (κ2) is 10.1. The van der Waals surface area contributed by atoms with Crippen molar-refractivity contribution in [3.63, 3.8) is 0 Å². The Bertz CT molecular complexity index is 1250. The second-order valence-corrected chi connectivity index (χ2v) is 9.26. The van der Waals surface area contributed by atoms with Gasteiger partial charge in [0.2, 0.25) is 5.91 Å². The molecule has 0 aliphatic carbocycles. The average Bonchev–Trinajstić information content (AvgIpc) is 3.13. The van der Waals surface area contributed by atoms with E-state index in [0.29, 0.717) is 32.9 Å². The molecular weight excluding hydrogens is 477 g/mol. The van der Waals surface area contributed by atoms with Crippen LogP contribution in [0.5, 0.6) is 0 Å². The molecule has 164 valence electrons. The molecule has 2 amide bonds. The maximum absolute atomic E-state index is 13.4. The molecule has 5 nitrogen and oxygen atoms in total. The molecule has 1 unspecified atom stereocenters. The highest BCUT2D eigenvalue weighted by molar-refractivity contribution is 8.05. The van der Waals surface area contributed by atoms with E-state index in [4.69, 9.17) is 23.2 Å². The maximum atomic E-state index is 13.4. The summed E-state index contributed by atoms with van der Waals surface area (Å²) in [7, 11) is 0. The molecule has 1 aliphatic heterocycles. The lowest BCUT2D eigenvalue weighted by Gasteiger charge is -2.18. The number of thioether (sulfide) groups is 1. The molecule has 1 N–H and O–H groups in total. The van der Waals surface area contributed by atoms with Gasteiger partial charge in [-0.15, -0.1) is 0 Å². The van der Waals surface area contributed by atoms with E-state index < -0.39 is 11.2 Å². The molecule has 0 radical (unpaired) electrons. The quantitative estimate of drug-likeness (QED) is 0.346. The zero-order valence-electron chi connectivity index (χ0n) is 17.2. The Morgan fingerprint density at radius 3 is 2.18 bits per heavy atom. The molecule has 1 heterocycles. The lowest BCUT2D eigenvalue weighted by molar-refractivity contribution is -0.117. The van der Waals surface area contributed by atoms with E-state index in [1.165, 1.54) is 16.7 Å².